The fourth-order valence-corrected chi connectivity index (χ4v) is 9.54. The maximum absolute atomic E-state index is 14.0. The number of aromatic nitrogens is 2. The van der Waals surface area contributed by atoms with Crippen LogP contribution in [0, 0.1) is 27.6 Å². The number of amides is 4. The van der Waals surface area contributed by atoms with Crippen molar-refractivity contribution in [3.05, 3.63) is 107 Å². The third-order valence-electron chi connectivity index (χ3n) is 12.7. The number of nitrogens with zero attached hydrogens (tertiary/aromatic N) is 4. The van der Waals surface area contributed by atoms with Crippen molar-refractivity contribution in [1.29, 1.82) is 5.26 Å². The molecule has 1 aliphatic heterocycles. The summed E-state index contributed by atoms with van der Waals surface area (Å²) in [7, 11) is 0. The van der Waals surface area contributed by atoms with Gasteiger partial charge in [-0.25, -0.2) is 0 Å². The molecule has 0 spiro atoms. The van der Waals surface area contributed by atoms with Crippen molar-refractivity contribution in [2.45, 2.75) is 111 Å². The lowest BCUT2D eigenvalue weighted by Gasteiger charge is -2.63. The van der Waals surface area contributed by atoms with Crippen LogP contribution in [-0.2, 0) is 25.7 Å². The van der Waals surface area contributed by atoms with Gasteiger partial charge in [0.2, 0.25) is 17.7 Å². The van der Waals surface area contributed by atoms with E-state index in [9.17, 15) is 29.5 Å². The fraction of sp³-hybridized carbons (Fsp3) is 0.471. The Morgan fingerprint density at radius 1 is 0.970 bits per heavy atom. The molecule has 1 aliphatic carbocycles. The number of hydrogen-bond acceptors (Lipinski definition) is 11. The molecular weight excluding hydrogens is 872 g/mol. The van der Waals surface area contributed by atoms with E-state index in [0.717, 1.165) is 41.8 Å². The van der Waals surface area contributed by atoms with E-state index >= 15 is 0 Å². The number of halogens is 1. The van der Waals surface area contributed by atoms with Gasteiger partial charge in [-0.1, -0.05) is 84.3 Å². The fourth-order valence-electron chi connectivity index (χ4n) is 9.33. The summed E-state index contributed by atoms with van der Waals surface area (Å²) in [5.74, 6) is -0.852. The number of likely N-dealkylation sites (tertiary alicyclic amines) is 1. The molecule has 15 nitrogen and oxygen atoms in total. The van der Waals surface area contributed by atoms with Crippen LogP contribution in [0.15, 0.2) is 85.1 Å². The van der Waals surface area contributed by atoms with E-state index in [1.54, 1.807) is 36.5 Å². The van der Waals surface area contributed by atoms with Crippen LogP contribution in [0.4, 0.5) is 5.69 Å². The predicted octanol–water partition coefficient (Wildman–Crippen LogP) is 6.69. The summed E-state index contributed by atoms with van der Waals surface area (Å²) < 4.78 is 12.0. The van der Waals surface area contributed by atoms with E-state index in [1.807, 2.05) is 69.3 Å². The minimum atomic E-state index is -0.954. The Morgan fingerprint density at radius 3 is 2.33 bits per heavy atom. The molecule has 2 fully saturated rings. The Labute approximate surface area is 398 Å². The lowest BCUT2D eigenvalue weighted by molar-refractivity contribution is -0.164. The number of carbonyl (C=O) groups is 4. The highest BCUT2D eigenvalue weighted by molar-refractivity contribution is 6.31. The zero-order valence-electron chi connectivity index (χ0n) is 39.4. The van der Waals surface area contributed by atoms with Crippen molar-refractivity contribution in [3.63, 3.8) is 0 Å². The summed E-state index contributed by atoms with van der Waals surface area (Å²) in [4.78, 5) is 55.2. The number of nitrogens with one attached hydrogen (secondary N) is 4. The number of anilines is 1. The van der Waals surface area contributed by atoms with E-state index in [0.29, 0.717) is 35.1 Å². The molecule has 356 valence electrons. The number of β-amino-alcohol motifs (C(OH)–C–C–N with tert-alkyl or cyclic N) is 1. The predicted molar refractivity (Wildman–Crippen MR) is 256 cm³/mol. The van der Waals surface area contributed by atoms with Crippen LogP contribution in [-0.4, -0.2) is 100 Å². The van der Waals surface area contributed by atoms with Crippen LogP contribution in [0.2, 0.25) is 5.02 Å². The molecule has 4 aromatic rings. The number of ether oxygens (including phenoxy) is 2. The van der Waals surface area contributed by atoms with Gasteiger partial charge < -0.3 is 40.7 Å². The largest absolute Gasteiger partial charge is 0.489 e. The van der Waals surface area contributed by atoms with E-state index in [2.05, 4.69) is 65.2 Å². The Kier molecular flexibility index (Phi) is 16.3. The van der Waals surface area contributed by atoms with Crippen molar-refractivity contribution >= 4 is 40.9 Å². The maximum Gasteiger partial charge on any atom is 0.251 e. The molecule has 1 saturated carbocycles. The number of benzene rings is 3. The molecule has 16 heteroatoms. The van der Waals surface area contributed by atoms with Crippen LogP contribution in [0.5, 0.6) is 5.75 Å². The number of unbranched alkanes of at least 4 members (excludes halogenated alkanes) is 2. The van der Waals surface area contributed by atoms with Crippen LogP contribution in [0.3, 0.4) is 0 Å². The van der Waals surface area contributed by atoms with Crippen molar-refractivity contribution in [3.8, 4) is 23.1 Å². The van der Waals surface area contributed by atoms with Gasteiger partial charge in [-0.15, -0.1) is 0 Å². The first-order chi connectivity index (χ1) is 31.8. The van der Waals surface area contributed by atoms with Gasteiger partial charge in [-0.2, -0.15) is 15.5 Å². The summed E-state index contributed by atoms with van der Waals surface area (Å²) >= 11 is 6.24. The summed E-state index contributed by atoms with van der Waals surface area (Å²) in [6, 6.07) is 23.7. The lowest BCUT2D eigenvalue weighted by atomic mass is 9.49. The topological polar surface area (TPSA) is 208 Å². The Hall–Kier alpha value is -6.08. The van der Waals surface area contributed by atoms with Crippen molar-refractivity contribution in [2.24, 2.45) is 16.2 Å². The van der Waals surface area contributed by atoms with Crippen LogP contribution < -0.4 is 26.0 Å². The lowest BCUT2D eigenvalue weighted by Crippen LogP contribution is -2.74. The van der Waals surface area contributed by atoms with Crippen LogP contribution >= 0.6 is 11.6 Å². The molecule has 3 atom stereocenters. The minimum Gasteiger partial charge on any atom is -0.489 e. The smallest absolute Gasteiger partial charge is 0.251 e. The van der Waals surface area contributed by atoms with E-state index < -0.39 is 35.4 Å². The summed E-state index contributed by atoms with van der Waals surface area (Å²) in [6.07, 6.45) is 3.05. The zero-order chi connectivity index (χ0) is 48.5. The van der Waals surface area contributed by atoms with E-state index in [4.69, 9.17) is 21.1 Å². The Bertz CT molecular complexity index is 2390. The summed E-state index contributed by atoms with van der Waals surface area (Å²) in [5.41, 5.74) is 2.87. The summed E-state index contributed by atoms with van der Waals surface area (Å²) in [5, 5.41) is 40.5. The second-order valence-electron chi connectivity index (χ2n) is 19.7. The molecule has 1 aromatic heterocycles. The number of rotatable bonds is 19. The number of aliphatic hydroxyl groups is 1. The zero-order valence-corrected chi connectivity index (χ0v) is 40.2. The molecule has 67 heavy (non-hydrogen) atoms. The maximum atomic E-state index is 14.0. The van der Waals surface area contributed by atoms with Crippen LogP contribution in [0.1, 0.15) is 95.6 Å². The van der Waals surface area contributed by atoms with Gasteiger partial charge in [0.25, 0.3) is 5.91 Å². The van der Waals surface area contributed by atoms with Gasteiger partial charge in [0.1, 0.15) is 36.6 Å². The molecule has 5 N–H and O–H groups in total. The van der Waals surface area contributed by atoms with E-state index in [-0.39, 0.29) is 60.9 Å². The highest BCUT2D eigenvalue weighted by Gasteiger charge is 2.64. The van der Waals surface area contributed by atoms with Gasteiger partial charge >= 0.3 is 0 Å². The average molecular weight is 936 g/mol. The van der Waals surface area contributed by atoms with Gasteiger partial charge in [0.15, 0.2) is 0 Å². The molecule has 3 aromatic carbocycles. The highest BCUT2D eigenvalue weighted by Crippen LogP contribution is 2.55. The Balaban J connectivity index is 0.877. The standard InChI is InChI=1S/C51H63ClN8O7/c1-49(2,3)43(46(65)60-30-37(61)26-41(60)45(64)55-29-32-13-15-33(16-14-32)40-12-11-24-56-59-40)57-42(62)31-66-25-10-8-9-23-54-36-20-17-34(18-21-36)44(63)58-47-50(4,5)48(51(47,6)7)67-38-22-19-35(28-53)39(52)27-38/h11-22,24,27,37,41,43,47-48,54,61H,8-10,23,25-26,29-31H2,1-7H3,(H,55,64)(H,57,62)(H,58,63)/t37-,41+,43-,47-,48-/m1/s1. The number of nitriles is 1. The van der Waals surface area contributed by atoms with Crippen molar-refractivity contribution in [2.75, 3.05) is 31.6 Å². The normalized spacial score (nSPS) is 19.9. The molecule has 2 aliphatic rings. The average Bonchev–Trinajstić information content (AvgIpc) is 3.70. The molecule has 0 bridgehead atoms. The van der Waals surface area contributed by atoms with Gasteiger partial charge in [0.05, 0.1) is 22.4 Å². The molecule has 2 heterocycles. The second kappa shape index (κ2) is 21.7. The first-order valence-corrected chi connectivity index (χ1v) is 23.2. The molecular formula is C51H63ClN8O7. The van der Waals surface area contributed by atoms with Gasteiger partial charge in [-0.05, 0) is 78.8 Å². The number of hydrogen-bond donors (Lipinski definition) is 5. The molecule has 6 rings (SSSR count). The first-order valence-electron chi connectivity index (χ1n) is 22.8. The van der Waals surface area contributed by atoms with Gasteiger partial charge in [-0.3, -0.25) is 19.2 Å². The third kappa shape index (κ3) is 12.5. The van der Waals surface area contributed by atoms with Gasteiger partial charge in [0, 0.05) is 78.6 Å². The monoisotopic (exact) mass is 934 g/mol. The minimum absolute atomic E-state index is 0.0179. The first kappa shape index (κ1) is 50.3. The van der Waals surface area contributed by atoms with Crippen molar-refractivity contribution < 1.29 is 33.8 Å². The SMILES string of the molecule is CC(C)(C)[C@H](NC(=O)COCCCCCNc1ccc(C(=O)N[C@H]2C(C)(C)[C@H](Oc3ccc(C#N)c(Cl)c3)C2(C)C)cc1)C(=O)N1C[C@H](O)C[C@H]1C(=O)NCc1ccc(-c2cccnn2)cc1. The quantitative estimate of drug-likeness (QED) is 0.0626. The van der Waals surface area contributed by atoms with Crippen LogP contribution in [0.25, 0.3) is 11.3 Å². The number of aliphatic hydroxyl groups excluding tert-OH is 1. The summed E-state index contributed by atoms with van der Waals surface area (Å²) in [6.45, 7) is 14.8. The Morgan fingerprint density at radius 2 is 1.69 bits per heavy atom. The number of carbonyl (C=O) groups excluding carboxylic acids is 4. The second-order valence-corrected chi connectivity index (χ2v) is 20.1. The van der Waals surface area contributed by atoms with Crippen molar-refractivity contribution in [1.82, 2.24) is 31.0 Å². The van der Waals surface area contributed by atoms with E-state index in [1.165, 1.54) is 4.90 Å². The highest BCUT2D eigenvalue weighted by atomic mass is 35.5. The molecule has 4 amide bonds. The molecule has 1 saturated heterocycles. The molecule has 0 unspecified atom stereocenters. The third-order valence-corrected chi connectivity index (χ3v) is 13.0. The molecule has 0 radical (unpaired) electrons.